The van der Waals surface area contributed by atoms with Crippen LogP contribution >= 0.6 is 11.3 Å². The van der Waals surface area contributed by atoms with Gasteiger partial charge in [0, 0.05) is 25.3 Å². The molecule has 0 radical (unpaired) electrons. The first-order valence-corrected chi connectivity index (χ1v) is 11.3. The number of nitrogens with zero attached hydrogens (tertiary/aromatic N) is 2. The van der Waals surface area contributed by atoms with Gasteiger partial charge in [-0.3, -0.25) is 4.79 Å². The molecule has 2 heterocycles. The van der Waals surface area contributed by atoms with Crippen molar-refractivity contribution in [1.82, 2.24) is 4.31 Å². The minimum atomic E-state index is -3.62. The van der Waals surface area contributed by atoms with Crippen LogP contribution in [0.1, 0.15) is 25.8 Å². The van der Waals surface area contributed by atoms with Crippen LogP contribution in [0.15, 0.2) is 46.0 Å². The van der Waals surface area contributed by atoms with Crippen molar-refractivity contribution >= 4 is 33.0 Å². The van der Waals surface area contributed by atoms with Gasteiger partial charge in [0.1, 0.15) is 4.21 Å². The molecule has 1 aliphatic rings. The summed E-state index contributed by atoms with van der Waals surface area (Å²) in [4.78, 5) is 13.3. The van der Waals surface area contributed by atoms with Crippen molar-refractivity contribution < 1.29 is 23.4 Å². The molecule has 1 aromatic carbocycles. The zero-order valence-electron chi connectivity index (χ0n) is 15.8. The molecule has 0 spiro atoms. The maximum absolute atomic E-state index is 12.8. The molecule has 2 N–H and O–H groups in total. The van der Waals surface area contributed by atoms with E-state index in [1.165, 1.54) is 4.31 Å². The van der Waals surface area contributed by atoms with Gasteiger partial charge in [0.2, 0.25) is 0 Å². The van der Waals surface area contributed by atoms with Gasteiger partial charge in [-0.2, -0.15) is 4.31 Å². The number of carbonyl (C=O) groups is 1. The molecule has 9 heteroatoms. The average molecular weight is 425 g/mol. The van der Waals surface area contributed by atoms with Crippen molar-refractivity contribution in [3.8, 4) is 0 Å². The molecule has 152 valence electrons. The van der Waals surface area contributed by atoms with Gasteiger partial charge in [0.25, 0.3) is 10.0 Å². The number of benzene rings is 1. The third-order valence-corrected chi connectivity index (χ3v) is 8.09. The van der Waals surface area contributed by atoms with Crippen LogP contribution in [0.4, 0.5) is 5.69 Å². The number of aliphatic carboxylic acids is 1. The number of thiophene rings is 1. The highest BCUT2D eigenvalue weighted by Crippen LogP contribution is 2.29. The summed E-state index contributed by atoms with van der Waals surface area (Å²) < 4.78 is 27.3. The molecular weight excluding hydrogens is 400 g/mol. The molecule has 1 fully saturated rings. The second-order valence-corrected chi connectivity index (χ2v) is 10.5. The smallest absolute Gasteiger partial charge is 0.305 e. The normalized spacial score (nSPS) is 19.0. The lowest BCUT2D eigenvalue weighted by Crippen LogP contribution is -2.55. The van der Waals surface area contributed by atoms with Crippen LogP contribution in [0.2, 0.25) is 0 Å². The molecule has 0 aliphatic carbocycles. The molecule has 0 unspecified atom stereocenters. The lowest BCUT2D eigenvalue weighted by atomic mass is 9.98. The van der Waals surface area contributed by atoms with Gasteiger partial charge in [-0.1, -0.05) is 18.2 Å². The summed E-state index contributed by atoms with van der Waals surface area (Å²) in [5, 5.41) is 21.2. The molecule has 1 atom stereocenters. The van der Waals surface area contributed by atoms with Crippen LogP contribution in [0.3, 0.4) is 0 Å². The Morgan fingerprint density at radius 2 is 1.89 bits per heavy atom. The second kappa shape index (κ2) is 7.82. The lowest BCUT2D eigenvalue weighted by Gasteiger charge is -2.41. The van der Waals surface area contributed by atoms with Crippen molar-refractivity contribution in [2.24, 2.45) is 0 Å². The minimum absolute atomic E-state index is 0.111. The van der Waals surface area contributed by atoms with E-state index in [1.54, 1.807) is 31.4 Å². The van der Waals surface area contributed by atoms with E-state index >= 15 is 0 Å². The number of carboxylic acid groups (broad SMARTS) is 1. The molecule has 1 saturated heterocycles. The van der Waals surface area contributed by atoms with E-state index in [9.17, 15) is 23.4 Å². The van der Waals surface area contributed by atoms with Crippen LogP contribution < -0.4 is 4.90 Å². The van der Waals surface area contributed by atoms with Gasteiger partial charge >= 0.3 is 5.97 Å². The number of piperazine rings is 1. The van der Waals surface area contributed by atoms with Crippen LogP contribution in [0, 0.1) is 0 Å². The molecule has 1 aliphatic heterocycles. The van der Waals surface area contributed by atoms with Gasteiger partial charge in [0.15, 0.2) is 0 Å². The first-order valence-electron chi connectivity index (χ1n) is 8.94. The van der Waals surface area contributed by atoms with Crippen molar-refractivity contribution in [3.63, 3.8) is 0 Å². The topological polar surface area (TPSA) is 98.2 Å². The average Bonchev–Trinajstić information content (AvgIpc) is 3.16. The molecule has 2 aromatic rings. The lowest BCUT2D eigenvalue weighted by molar-refractivity contribution is -0.137. The number of hydrogen-bond donors (Lipinski definition) is 2. The summed E-state index contributed by atoms with van der Waals surface area (Å²) in [6.45, 7) is 4.18. The molecular formula is C19H24N2O5S2. The zero-order valence-corrected chi connectivity index (χ0v) is 17.4. The van der Waals surface area contributed by atoms with Crippen LogP contribution in [-0.2, 0) is 20.4 Å². The summed E-state index contributed by atoms with van der Waals surface area (Å²) >= 11 is 1.16. The van der Waals surface area contributed by atoms with E-state index < -0.39 is 27.6 Å². The quantitative estimate of drug-likeness (QED) is 0.739. The Morgan fingerprint density at radius 3 is 2.43 bits per heavy atom. The van der Waals surface area contributed by atoms with Crippen molar-refractivity contribution in [2.45, 2.75) is 36.1 Å². The minimum Gasteiger partial charge on any atom is -0.481 e. The van der Waals surface area contributed by atoms with Crippen molar-refractivity contribution in [1.29, 1.82) is 0 Å². The van der Waals surface area contributed by atoms with Crippen LogP contribution in [0.5, 0.6) is 0 Å². The van der Waals surface area contributed by atoms with Crippen molar-refractivity contribution in [3.05, 3.63) is 47.3 Å². The van der Waals surface area contributed by atoms with E-state index in [4.69, 9.17) is 0 Å². The molecule has 1 aromatic heterocycles. The Morgan fingerprint density at radius 1 is 1.21 bits per heavy atom. The molecule has 0 saturated carbocycles. The third kappa shape index (κ3) is 4.38. The zero-order chi connectivity index (χ0) is 20.5. The van der Waals surface area contributed by atoms with E-state index in [-0.39, 0.29) is 23.7 Å². The Hall–Kier alpha value is -1.94. The first-order chi connectivity index (χ1) is 13.1. The summed E-state index contributed by atoms with van der Waals surface area (Å²) in [7, 11) is -3.62. The van der Waals surface area contributed by atoms with E-state index in [0.717, 1.165) is 22.6 Å². The molecule has 28 heavy (non-hydrogen) atoms. The highest BCUT2D eigenvalue weighted by molar-refractivity contribution is 7.91. The van der Waals surface area contributed by atoms with E-state index in [2.05, 4.69) is 0 Å². The van der Waals surface area contributed by atoms with Gasteiger partial charge < -0.3 is 15.1 Å². The van der Waals surface area contributed by atoms with Gasteiger partial charge in [0.05, 0.1) is 18.1 Å². The van der Waals surface area contributed by atoms with Gasteiger partial charge in [-0.15, -0.1) is 11.3 Å². The Balaban J connectivity index is 1.84. The third-order valence-electron chi connectivity index (χ3n) is 4.85. The highest BCUT2D eigenvalue weighted by atomic mass is 32.2. The number of hydrogen-bond acceptors (Lipinski definition) is 6. The maximum Gasteiger partial charge on any atom is 0.305 e. The number of carboxylic acids is 1. The molecule has 0 bridgehead atoms. The monoisotopic (exact) mass is 424 g/mol. The van der Waals surface area contributed by atoms with E-state index in [0.29, 0.717) is 6.54 Å². The summed E-state index contributed by atoms with van der Waals surface area (Å²) in [5.41, 5.74) is 0.601. The van der Waals surface area contributed by atoms with E-state index in [1.807, 2.05) is 29.2 Å². The van der Waals surface area contributed by atoms with Gasteiger partial charge in [-0.05, 0) is 43.0 Å². The SMILES string of the molecule is CC(C)(O)c1ccc(N2CCN(S(=O)(=O)c3cccs3)C[C@@H]2CC(=O)O)cc1. The maximum atomic E-state index is 12.8. The summed E-state index contributed by atoms with van der Waals surface area (Å²) in [5.74, 6) is -0.974. The molecule has 0 amide bonds. The fourth-order valence-electron chi connectivity index (χ4n) is 3.36. The fourth-order valence-corrected chi connectivity index (χ4v) is 5.97. The van der Waals surface area contributed by atoms with Crippen molar-refractivity contribution in [2.75, 3.05) is 24.5 Å². The predicted octanol–water partition coefficient (Wildman–Crippen LogP) is 2.33. The number of sulfonamides is 1. The fraction of sp³-hybridized carbons (Fsp3) is 0.421. The number of rotatable bonds is 6. The summed E-state index contributed by atoms with van der Waals surface area (Å²) in [6, 6.07) is 10.1. The first kappa shape index (κ1) is 20.8. The second-order valence-electron chi connectivity index (χ2n) is 7.35. The van der Waals surface area contributed by atoms with Crippen LogP contribution in [0.25, 0.3) is 0 Å². The number of aliphatic hydroxyl groups is 1. The number of anilines is 1. The molecule has 7 nitrogen and oxygen atoms in total. The predicted molar refractivity (Wildman–Crippen MR) is 108 cm³/mol. The Labute approximate surface area is 168 Å². The summed E-state index contributed by atoms with van der Waals surface area (Å²) in [6.07, 6.45) is -0.163. The standard InChI is InChI=1S/C19H24N2O5S2/c1-19(2,24)14-5-7-15(8-6-14)21-10-9-20(13-16(21)12-17(22)23)28(25,26)18-4-3-11-27-18/h3-8,11,16,24H,9-10,12-13H2,1-2H3,(H,22,23)/t16-/m0/s1. The largest absolute Gasteiger partial charge is 0.481 e. The Bertz CT molecular complexity index is 918. The van der Waals surface area contributed by atoms with Crippen LogP contribution in [-0.4, -0.2) is 54.6 Å². The molecule has 3 rings (SSSR count). The van der Waals surface area contributed by atoms with Gasteiger partial charge in [-0.25, -0.2) is 8.42 Å². The highest BCUT2D eigenvalue weighted by Gasteiger charge is 2.36. The Kier molecular flexibility index (Phi) is 5.81.